The summed E-state index contributed by atoms with van der Waals surface area (Å²) in [5.74, 6) is 0.961. The smallest absolute Gasteiger partial charge is 0.148 e. The first kappa shape index (κ1) is 14.7. The Labute approximate surface area is 120 Å². The molecule has 0 saturated carbocycles. The van der Waals surface area contributed by atoms with E-state index in [4.69, 9.17) is 5.10 Å². The Morgan fingerprint density at radius 1 is 1.15 bits per heavy atom. The van der Waals surface area contributed by atoms with Crippen molar-refractivity contribution in [2.24, 2.45) is 0 Å². The fourth-order valence-electron chi connectivity index (χ4n) is 2.59. The zero-order valence-corrected chi connectivity index (χ0v) is 12.8. The van der Waals surface area contributed by atoms with E-state index in [1.54, 1.807) is 6.33 Å². The van der Waals surface area contributed by atoms with Crippen molar-refractivity contribution >= 4 is 0 Å². The zero-order chi connectivity index (χ0) is 14.5. The van der Waals surface area contributed by atoms with Crippen LogP contribution in [0.4, 0.5) is 0 Å². The number of aryl methyl sites for hydroxylation is 2. The van der Waals surface area contributed by atoms with Gasteiger partial charge in [0.15, 0.2) is 0 Å². The van der Waals surface area contributed by atoms with Gasteiger partial charge in [0.25, 0.3) is 0 Å². The van der Waals surface area contributed by atoms with Crippen molar-refractivity contribution in [1.29, 1.82) is 0 Å². The van der Waals surface area contributed by atoms with Crippen LogP contribution in [0.3, 0.4) is 0 Å². The lowest BCUT2D eigenvalue weighted by Gasteiger charge is -2.08. The van der Waals surface area contributed by atoms with Crippen molar-refractivity contribution in [3.05, 3.63) is 29.1 Å². The molecule has 0 aromatic carbocycles. The van der Waals surface area contributed by atoms with Crippen LogP contribution in [0.5, 0.6) is 0 Å². The number of hydrogen-bond donors (Lipinski definition) is 1. The number of rotatable bonds is 7. The predicted molar refractivity (Wildman–Crippen MR) is 78.5 cm³/mol. The molecule has 110 valence electrons. The van der Waals surface area contributed by atoms with Crippen molar-refractivity contribution < 1.29 is 0 Å². The largest absolute Gasteiger partial charge is 0.316 e. The van der Waals surface area contributed by atoms with Gasteiger partial charge in [-0.25, -0.2) is 9.67 Å². The highest BCUT2D eigenvalue weighted by Crippen LogP contribution is 2.17. The Kier molecular flexibility index (Phi) is 4.89. The second-order valence-electron chi connectivity index (χ2n) is 4.76. The molecule has 0 amide bonds. The Bertz CT molecular complexity index is 554. The maximum absolute atomic E-state index is 4.76. The molecule has 20 heavy (non-hydrogen) atoms. The van der Waals surface area contributed by atoms with E-state index in [0.717, 1.165) is 31.8 Å². The van der Waals surface area contributed by atoms with Crippen LogP contribution in [0, 0.1) is 0 Å². The van der Waals surface area contributed by atoms with Gasteiger partial charge in [0.1, 0.15) is 18.7 Å². The lowest BCUT2D eigenvalue weighted by molar-refractivity contribution is 0.552. The van der Waals surface area contributed by atoms with Crippen LogP contribution < -0.4 is 5.32 Å². The van der Waals surface area contributed by atoms with Gasteiger partial charge >= 0.3 is 0 Å². The lowest BCUT2D eigenvalue weighted by Crippen LogP contribution is -2.13. The molecule has 6 heteroatoms. The molecule has 0 aliphatic carbocycles. The van der Waals surface area contributed by atoms with Crippen molar-refractivity contribution in [2.45, 2.75) is 53.2 Å². The quantitative estimate of drug-likeness (QED) is 0.830. The SMILES string of the molecule is CCc1nn(Cc2ncnn2CC)c(CC)c1CNC. The Balaban J connectivity index is 2.36. The summed E-state index contributed by atoms with van der Waals surface area (Å²) < 4.78 is 4.01. The third-order valence-electron chi connectivity index (χ3n) is 3.56. The van der Waals surface area contributed by atoms with Gasteiger partial charge in [0, 0.05) is 24.3 Å². The van der Waals surface area contributed by atoms with Crippen molar-refractivity contribution in [3.8, 4) is 0 Å². The fourth-order valence-corrected chi connectivity index (χ4v) is 2.59. The van der Waals surface area contributed by atoms with E-state index in [1.165, 1.54) is 17.0 Å². The number of aromatic nitrogens is 5. The molecule has 2 heterocycles. The van der Waals surface area contributed by atoms with Crippen LogP contribution in [0.15, 0.2) is 6.33 Å². The molecule has 2 aromatic rings. The molecule has 6 nitrogen and oxygen atoms in total. The fraction of sp³-hybridized carbons (Fsp3) is 0.643. The minimum absolute atomic E-state index is 0.688. The van der Waals surface area contributed by atoms with Gasteiger partial charge < -0.3 is 5.32 Å². The summed E-state index contributed by atoms with van der Waals surface area (Å²) in [4.78, 5) is 4.34. The molecular formula is C14H24N6. The van der Waals surface area contributed by atoms with E-state index in [2.05, 4.69) is 40.9 Å². The van der Waals surface area contributed by atoms with Crippen molar-refractivity contribution in [3.63, 3.8) is 0 Å². The molecule has 0 aliphatic heterocycles. The van der Waals surface area contributed by atoms with Gasteiger partial charge in [0.05, 0.1) is 5.69 Å². The van der Waals surface area contributed by atoms with E-state index in [0.29, 0.717) is 6.54 Å². The van der Waals surface area contributed by atoms with Crippen LogP contribution in [-0.4, -0.2) is 31.6 Å². The molecular weight excluding hydrogens is 252 g/mol. The van der Waals surface area contributed by atoms with E-state index >= 15 is 0 Å². The standard InChI is InChI=1S/C14H24N6/c1-5-12-11(8-15-4)13(6-2)20(18-12)9-14-16-10-17-19(14)7-3/h10,15H,5-9H2,1-4H3. The van der Waals surface area contributed by atoms with Gasteiger partial charge in [0.2, 0.25) is 0 Å². The van der Waals surface area contributed by atoms with Crippen LogP contribution >= 0.6 is 0 Å². The normalized spacial score (nSPS) is 11.2. The summed E-state index contributed by atoms with van der Waals surface area (Å²) in [5, 5.41) is 12.2. The first-order chi connectivity index (χ1) is 9.74. The summed E-state index contributed by atoms with van der Waals surface area (Å²) in [7, 11) is 1.98. The average Bonchev–Trinajstić information content (AvgIpc) is 3.04. The second-order valence-corrected chi connectivity index (χ2v) is 4.76. The molecule has 1 N–H and O–H groups in total. The molecule has 0 saturated heterocycles. The average molecular weight is 276 g/mol. The maximum atomic E-state index is 4.76. The molecule has 2 rings (SSSR count). The van der Waals surface area contributed by atoms with Crippen molar-refractivity contribution in [2.75, 3.05) is 7.05 Å². The number of nitrogens with zero attached hydrogens (tertiary/aromatic N) is 5. The molecule has 0 radical (unpaired) electrons. The van der Waals surface area contributed by atoms with Crippen LogP contribution in [0.2, 0.25) is 0 Å². The minimum atomic E-state index is 0.688. The van der Waals surface area contributed by atoms with E-state index in [1.807, 2.05) is 11.7 Å². The van der Waals surface area contributed by atoms with Gasteiger partial charge in [-0.05, 0) is 26.8 Å². The van der Waals surface area contributed by atoms with Crippen molar-refractivity contribution in [1.82, 2.24) is 29.9 Å². The summed E-state index contributed by atoms with van der Waals surface area (Å²) in [6.07, 6.45) is 3.55. The predicted octanol–water partition coefficient (Wildman–Crippen LogP) is 1.39. The number of nitrogens with one attached hydrogen (secondary N) is 1. The second kappa shape index (κ2) is 6.65. The van der Waals surface area contributed by atoms with Crippen LogP contribution in [-0.2, 0) is 32.5 Å². The lowest BCUT2D eigenvalue weighted by atomic mass is 10.1. The van der Waals surface area contributed by atoms with Gasteiger partial charge in [-0.15, -0.1) is 0 Å². The minimum Gasteiger partial charge on any atom is -0.316 e. The number of hydrogen-bond acceptors (Lipinski definition) is 4. The molecule has 0 spiro atoms. The summed E-state index contributed by atoms with van der Waals surface area (Å²) in [6.45, 7) is 8.80. The van der Waals surface area contributed by atoms with E-state index < -0.39 is 0 Å². The molecule has 2 aromatic heterocycles. The van der Waals surface area contributed by atoms with Gasteiger partial charge in [-0.2, -0.15) is 10.2 Å². The summed E-state index contributed by atoms with van der Waals surface area (Å²) in [5.41, 5.74) is 3.81. The first-order valence-corrected chi connectivity index (χ1v) is 7.33. The highest BCUT2D eigenvalue weighted by molar-refractivity contribution is 5.27. The van der Waals surface area contributed by atoms with Gasteiger partial charge in [-0.1, -0.05) is 13.8 Å². The first-order valence-electron chi connectivity index (χ1n) is 7.33. The third kappa shape index (κ3) is 2.75. The Morgan fingerprint density at radius 2 is 1.95 bits per heavy atom. The Hall–Kier alpha value is -1.69. The maximum Gasteiger partial charge on any atom is 0.148 e. The van der Waals surface area contributed by atoms with Crippen LogP contribution in [0.1, 0.15) is 43.5 Å². The Morgan fingerprint density at radius 3 is 2.55 bits per heavy atom. The summed E-state index contributed by atoms with van der Waals surface area (Å²) in [6, 6.07) is 0. The summed E-state index contributed by atoms with van der Waals surface area (Å²) >= 11 is 0. The molecule has 0 atom stereocenters. The topological polar surface area (TPSA) is 60.6 Å². The third-order valence-corrected chi connectivity index (χ3v) is 3.56. The molecule has 0 unspecified atom stereocenters. The van der Waals surface area contributed by atoms with Gasteiger partial charge in [-0.3, -0.25) is 4.68 Å². The highest BCUT2D eigenvalue weighted by atomic mass is 15.4. The zero-order valence-electron chi connectivity index (χ0n) is 12.8. The molecule has 0 fully saturated rings. The molecule has 0 bridgehead atoms. The monoisotopic (exact) mass is 276 g/mol. The van der Waals surface area contributed by atoms with E-state index in [-0.39, 0.29) is 0 Å². The molecule has 0 aliphatic rings. The van der Waals surface area contributed by atoms with Crippen LogP contribution in [0.25, 0.3) is 0 Å². The van der Waals surface area contributed by atoms with E-state index in [9.17, 15) is 0 Å². The highest BCUT2D eigenvalue weighted by Gasteiger charge is 2.16.